The number of hydrogen-bond acceptors (Lipinski definition) is 3. The summed E-state index contributed by atoms with van der Waals surface area (Å²) in [6, 6.07) is 15.5. The van der Waals surface area contributed by atoms with E-state index in [2.05, 4.69) is 0 Å². The fourth-order valence-corrected chi connectivity index (χ4v) is 1.83. The molecule has 3 nitrogen and oxygen atoms in total. The zero-order valence-electron chi connectivity index (χ0n) is 11.0. The molecule has 1 atom stereocenters. The smallest absolute Gasteiger partial charge is 0.127 e. The maximum absolute atomic E-state index is 8.85. The van der Waals surface area contributed by atoms with Crippen LogP contribution in [-0.2, 0) is 6.42 Å². The van der Waals surface area contributed by atoms with Gasteiger partial charge < -0.3 is 15.6 Å². The molecule has 0 spiro atoms. The van der Waals surface area contributed by atoms with Gasteiger partial charge in [0.25, 0.3) is 0 Å². The second-order valence-electron chi connectivity index (χ2n) is 4.58. The van der Waals surface area contributed by atoms with E-state index in [9.17, 15) is 0 Å². The maximum Gasteiger partial charge on any atom is 0.127 e. The number of rotatable bonds is 5. The zero-order chi connectivity index (χ0) is 13.7. The van der Waals surface area contributed by atoms with Crippen molar-refractivity contribution in [3.05, 3.63) is 59.7 Å². The van der Waals surface area contributed by atoms with E-state index in [0.29, 0.717) is 6.42 Å². The van der Waals surface area contributed by atoms with E-state index in [-0.39, 0.29) is 12.6 Å². The van der Waals surface area contributed by atoms with Crippen molar-refractivity contribution in [2.24, 2.45) is 5.73 Å². The molecule has 2 rings (SSSR count). The highest BCUT2D eigenvalue weighted by atomic mass is 16.5. The molecular formula is C16H19NO2. The number of hydrogen-bond donors (Lipinski definition) is 2. The van der Waals surface area contributed by atoms with Crippen LogP contribution in [-0.4, -0.2) is 11.7 Å². The molecule has 0 saturated heterocycles. The highest BCUT2D eigenvalue weighted by molar-refractivity contribution is 5.35. The van der Waals surface area contributed by atoms with Crippen molar-refractivity contribution < 1.29 is 9.84 Å². The van der Waals surface area contributed by atoms with Gasteiger partial charge in [-0.3, -0.25) is 0 Å². The van der Waals surface area contributed by atoms with Crippen LogP contribution in [0.3, 0.4) is 0 Å². The molecule has 3 N–H and O–H groups in total. The fourth-order valence-electron chi connectivity index (χ4n) is 1.83. The van der Waals surface area contributed by atoms with E-state index in [4.69, 9.17) is 15.6 Å². The summed E-state index contributed by atoms with van der Waals surface area (Å²) in [5.74, 6) is 1.58. The van der Waals surface area contributed by atoms with E-state index < -0.39 is 0 Å². The van der Waals surface area contributed by atoms with Gasteiger partial charge in [-0.25, -0.2) is 0 Å². The van der Waals surface area contributed by atoms with Crippen LogP contribution in [0.15, 0.2) is 48.5 Å². The summed E-state index contributed by atoms with van der Waals surface area (Å²) in [6.45, 7) is 2.12. The third kappa shape index (κ3) is 3.81. The first kappa shape index (κ1) is 13.6. The van der Waals surface area contributed by atoms with Crippen LogP contribution in [0.4, 0.5) is 0 Å². The van der Waals surface area contributed by atoms with Crippen LogP contribution in [0.1, 0.15) is 24.1 Å². The summed E-state index contributed by atoms with van der Waals surface area (Å²) in [4.78, 5) is 0. The predicted octanol–water partition coefficient (Wildman–Crippen LogP) is 3.03. The number of aliphatic hydroxyl groups is 1. The molecule has 0 radical (unpaired) electrons. The molecule has 0 heterocycles. The number of benzene rings is 2. The van der Waals surface area contributed by atoms with E-state index in [1.807, 2.05) is 55.5 Å². The Hall–Kier alpha value is -1.84. The SMILES string of the molecule is C[C@H](N)c1ccc(Oc2ccc(CCO)cc2)cc1. The molecule has 0 aliphatic rings. The van der Waals surface area contributed by atoms with Gasteiger partial charge in [0.15, 0.2) is 0 Å². The molecule has 2 aromatic rings. The van der Waals surface area contributed by atoms with Crippen molar-refractivity contribution in [1.29, 1.82) is 0 Å². The van der Waals surface area contributed by atoms with Crippen molar-refractivity contribution >= 4 is 0 Å². The second-order valence-corrected chi connectivity index (χ2v) is 4.58. The van der Waals surface area contributed by atoms with Gasteiger partial charge in [-0.1, -0.05) is 24.3 Å². The Kier molecular flexibility index (Phi) is 4.55. The van der Waals surface area contributed by atoms with Gasteiger partial charge >= 0.3 is 0 Å². The Morgan fingerprint density at radius 2 is 1.53 bits per heavy atom. The average molecular weight is 257 g/mol. The molecule has 0 bridgehead atoms. The number of nitrogens with two attached hydrogens (primary N) is 1. The monoisotopic (exact) mass is 257 g/mol. The first-order valence-corrected chi connectivity index (χ1v) is 6.42. The van der Waals surface area contributed by atoms with Gasteiger partial charge in [-0.2, -0.15) is 0 Å². The number of aliphatic hydroxyl groups excluding tert-OH is 1. The highest BCUT2D eigenvalue weighted by Crippen LogP contribution is 2.23. The molecule has 0 amide bonds. The average Bonchev–Trinajstić information content (AvgIpc) is 2.42. The molecular weight excluding hydrogens is 238 g/mol. The van der Waals surface area contributed by atoms with E-state index in [1.54, 1.807) is 0 Å². The van der Waals surface area contributed by atoms with E-state index in [1.165, 1.54) is 0 Å². The molecule has 19 heavy (non-hydrogen) atoms. The van der Waals surface area contributed by atoms with Gasteiger partial charge in [0.2, 0.25) is 0 Å². The summed E-state index contributed by atoms with van der Waals surface area (Å²) in [5, 5.41) is 8.85. The fraction of sp³-hybridized carbons (Fsp3) is 0.250. The van der Waals surface area contributed by atoms with Gasteiger partial charge in [0, 0.05) is 12.6 Å². The van der Waals surface area contributed by atoms with Gasteiger partial charge in [0.05, 0.1) is 0 Å². The quantitative estimate of drug-likeness (QED) is 0.865. The van der Waals surface area contributed by atoms with Crippen molar-refractivity contribution in [3.63, 3.8) is 0 Å². The molecule has 0 fully saturated rings. The summed E-state index contributed by atoms with van der Waals surface area (Å²) >= 11 is 0. The van der Waals surface area contributed by atoms with Crippen molar-refractivity contribution in [3.8, 4) is 11.5 Å². The molecule has 3 heteroatoms. The van der Waals surface area contributed by atoms with Crippen LogP contribution >= 0.6 is 0 Å². The third-order valence-corrected chi connectivity index (χ3v) is 2.97. The minimum absolute atomic E-state index is 0.0341. The normalized spacial score (nSPS) is 12.2. The summed E-state index contributed by atoms with van der Waals surface area (Å²) in [5.41, 5.74) is 7.99. The first-order chi connectivity index (χ1) is 9.19. The molecule has 0 unspecified atom stereocenters. The van der Waals surface area contributed by atoms with Crippen LogP contribution in [0.2, 0.25) is 0 Å². The summed E-state index contributed by atoms with van der Waals surface area (Å²) in [7, 11) is 0. The Balaban J connectivity index is 2.04. The molecule has 0 saturated carbocycles. The largest absolute Gasteiger partial charge is 0.457 e. The highest BCUT2D eigenvalue weighted by Gasteiger charge is 2.01. The Bertz CT molecular complexity index is 503. The third-order valence-electron chi connectivity index (χ3n) is 2.97. The van der Waals surface area contributed by atoms with Crippen LogP contribution in [0.25, 0.3) is 0 Å². The maximum atomic E-state index is 8.85. The molecule has 0 aliphatic heterocycles. The summed E-state index contributed by atoms with van der Waals surface area (Å²) < 4.78 is 5.74. The lowest BCUT2D eigenvalue weighted by molar-refractivity contribution is 0.299. The van der Waals surface area contributed by atoms with E-state index in [0.717, 1.165) is 22.6 Å². The Morgan fingerprint density at radius 3 is 2.00 bits per heavy atom. The Morgan fingerprint density at radius 1 is 1.00 bits per heavy atom. The van der Waals surface area contributed by atoms with Crippen molar-refractivity contribution in [2.75, 3.05) is 6.61 Å². The standard InChI is InChI=1S/C16H19NO2/c1-12(17)14-4-8-16(9-5-14)19-15-6-2-13(3-7-15)10-11-18/h2-9,12,18H,10-11,17H2,1H3/t12-/m0/s1. The molecule has 0 aromatic heterocycles. The number of ether oxygens (including phenoxy) is 1. The van der Waals surface area contributed by atoms with Gasteiger partial charge in [0.1, 0.15) is 11.5 Å². The van der Waals surface area contributed by atoms with Gasteiger partial charge in [-0.05, 0) is 48.7 Å². The van der Waals surface area contributed by atoms with Crippen LogP contribution in [0.5, 0.6) is 11.5 Å². The minimum Gasteiger partial charge on any atom is -0.457 e. The molecule has 2 aromatic carbocycles. The predicted molar refractivity (Wildman–Crippen MR) is 76.4 cm³/mol. The lowest BCUT2D eigenvalue weighted by Crippen LogP contribution is -2.04. The lowest BCUT2D eigenvalue weighted by atomic mass is 10.1. The van der Waals surface area contributed by atoms with Gasteiger partial charge in [-0.15, -0.1) is 0 Å². The van der Waals surface area contributed by atoms with Crippen molar-refractivity contribution in [2.45, 2.75) is 19.4 Å². The van der Waals surface area contributed by atoms with Crippen LogP contribution < -0.4 is 10.5 Å². The topological polar surface area (TPSA) is 55.5 Å². The van der Waals surface area contributed by atoms with Crippen molar-refractivity contribution in [1.82, 2.24) is 0 Å². The van der Waals surface area contributed by atoms with E-state index >= 15 is 0 Å². The second kappa shape index (κ2) is 6.36. The molecule has 100 valence electrons. The lowest BCUT2D eigenvalue weighted by Gasteiger charge is -2.09. The minimum atomic E-state index is 0.0341. The zero-order valence-corrected chi connectivity index (χ0v) is 11.0. The first-order valence-electron chi connectivity index (χ1n) is 6.42. The molecule has 0 aliphatic carbocycles. The van der Waals surface area contributed by atoms with Crippen LogP contribution in [0, 0.1) is 0 Å². The summed E-state index contributed by atoms with van der Waals surface area (Å²) in [6.07, 6.45) is 0.670. The Labute approximate surface area is 113 Å².